The fraction of sp³-hybridized carbons (Fsp3) is 0.429. The maximum absolute atomic E-state index is 13.1. The van der Waals surface area contributed by atoms with Gasteiger partial charge in [0.25, 0.3) is 0 Å². The van der Waals surface area contributed by atoms with E-state index in [1.807, 2.05) is 42.6 Å². The van der Waals surface area contributed by atoms with E-state index in [0.29, 0.717) is 5.13 Å². The maximum atomic E-state index is 13.1. The Morgan fingerprint density at radius 1 is 1.14 bits per heavy atom. The third-order valence-corrected chi connectivity index (χ3v) is 6.49. The van der Waals surface area contributed by atoms with E-state index in [4.69, 9.17) is 0 Å². The second-order valence-corrected chi connectivity index (χ2v) is 8.25. The minimum absolute atomic E-state index is 0.0877. The van der Waals surface area contributed by atoms with Gasteiger partial charge < -0.3 is 0 Å². The van der Waals surface area contributed by atoms with Gasteiger partial charge in [-0.2, -0.15) is 0 Å². The molecule has 3 amide bonds. The van der Waals surface area contributed by atoms with Crippen LogP contribution >= 0.6 is 11.3 Å². The number of carbonyl (C=O) groups is 3. The molecule has 1 aromatic heterocycles. The lowest BCUT2D eigenvalue weighted by molar-refractivity contribution is -0.140. The number of hydrogen-bond acceptors (Lipinski definition) is 5. The van der Waals surface area contributed by atoms with Crippen LogP contribution in [0, 0.1) is 18.8 Å². The summed E-state index contributed by atoms with van der Waals surface area (Å²) in [4.78, 5) is 45.7. The van der Waals surface area contributed by atoms with Crippen molar-refractivity contribution in [1.82, 2.24) is 9.88 Å². The average Bonchev–Trinajstić information content (AvgIpc) is 3.23. The van der Waals surface area contributed by atoms with Crippen molar-refractivity contribution in [2.75, 3.05) is 11.4 Å². The first kappa shape index (κ1) is 18.8. The minimum atomic E-state index is -0.178. The third kappa shape index (κ3) is 3.46. The molecular weight excluding hydrogens is 374 g/mol. The van der Waals surface area contributed by atoms with Gasteiger partial charge in [-0.25, -0.2) is 4.98 Å². The van der Waals surface area contributed by atoms with Crippen molar-refractivity contribution in [3.05, 3.63) is 41.4 Å². The molecule has 1 aliphatic carbocycles. The number of thiazole rings is 1. The number of nitrogens with zero attached hydrogens (tertiary/aromatic N) is 3. The van der Waals surface area contributed by atoms with Gasteiger partial charge in [0.2, 0.25) is 17.7 Å². The summed E-state index contributed by atoms with van der Waals surface area (Å²) in [6.07, 6.45) is 3.66. The molecular formula is C21H23N3O3S. The van der Waals surface area contributed by atoms with Crippen LogP contribution < -0.4 is 4.90 Å². The van der Waals surface area contributed by atoms with Crippen molar-refractivity contribution in [3.63, 3.8) is 0 Å². The van der Waals surface area contributed by atoms with Crippen molar-refractivity contribution in [1.29, 1.82) is 0 Å². The molecule has 4 rings (SSSR count). The maximum Gasteiger partial charge on any atom is 0.235 e. The van der Waals surface area contributed by atoms with E-state index in [9.17, 15) is 14.4 Å². The molecule has 28 heavy (non-hydrogen) atoms. The van der Waals surface area contributed by atoms with Gasteiger partial charge in [-0.1, -0.05) is 31.0 Å². The summed E-state index contributed by atoms with van der Waals surface area (Å²) in [6.45, 7) is 2.02. The molecule has 7 heteroatoms. The van der Waals surface area contributed by atoms with Crippen LogP contribution in [0.25, 0.3) is 0 Å². The fourth-order valence-electron chi connectivity index (χ4n) is 4.15. The van der Waals surface area contributed by atoms with Gasteiger partial charge in [-0.15, -0.1) is 11.3 Å². The van der Waals surface area contributed by atoms with E-state index < -0.39 is 0 Å². The molecule has 0 N–H and O–H groups in total. The number of imide groups is 1. The Balaban J connectivity index is 1.51. The molecule has 2 unspecified atom stereocenters. The van der Waals surface area contributed by atoms with E-state index in [2.05, 4.69) is 4.98 Å². The van der Waals surface area contributed by atoms with Gasteiger partial charge in [-0.05, 0) is 31.9 Å². The second-order valence-electron chi connectivity index (χ2n) is 7.41. The van der Waals surface area contributed by atoms with E-state index in [0.717, 1.165) is 37.1 Å². The molecule has 0 bridgehead atoms. The Morgan fingerprint density at radius 2 is 1.79 bits per heavy atom. The summed E-state index contributed by atoms with van der Waals surface area (Å²) in [6, 6.07) is 9.34. The molecule has 2 heterocycles. The fourth-order valence-corrected chi connectivity index (χ4v) is 4.99. The topological polar surface area (TPSA) is 70.6 Å². The minimum Gasteiger partial charge on any atom is -0.282 e. The normalized spacial score (nSPS) is 21.7. The number of rotatable bonds is 5. The quantitative estimate of drug-likeness (QED) is 0.722. The number of hydrogen-bond donors (Lipinski definition) is 0. The molecule has 6 nitrogen and oxygen atoms in total. The molecule has 2 atom stereocenters. The zero-order valence-corrected chi connectivity index (χ0v) is 16.7. The third-order valence-electron chi connectivity index (χ3n) is 5.54. The van der Waals surface area contributed by atoms with Crippen LogP contribution in [0.4, 0.5) is 10.8 Å². The highest BCUT2D eigenvalue weighted by molar-refractivity contribution is 7.14. The smallest absolute Gasteiger partial charge is 0.235 e. The number of carbonyl (C=O) groups excluding carboxylic acids is 3. The summed E-state index contributed by atoms with van der Waals surface area (Å²) in [5.41, 5.74) is 1.58. The van der Waals surface area contributed by atoms with Crippen LogP contribution in [0.2, 0.25) is 0 Å². The number of aromatic nitrogens is 1. The molecule has 1 aliphatic heterocycles. The van der Waals surface area contributed by atoms with Crippen molar-refractivity contribution < 1.29 is 14.4 Å². The number of likely N-dealkylation sites (tertiary alicyclic amines) is 1. The van der Waals surface area contributed by atoms with Gasteiger partial charge in [0, 0.05) is 18.3 Å². The van der Waals surface area contributed by atoms with Crippen molar-refractivity contribution in [2.45, 2.75) is 39.0 Å². The molecule has 1 aromatic carbocycles. The van der Waals surface area contributed by atoms with Crippen LogP contribution in [0.15, 0.2) is 35.7 Å². The molecule has 2 aliphatic rings. The summed E-state index contributed by atoms with van der Waals surface area (Å²) >= 11 is 1.40. The summed E-state index contributed by atoms with van der Waals surface area (Å²) in [5, 5.41) is 2.50. The summed E-state index contributed by atoms with van der Waals surface area (Å²) in [5.74, 6) is -0.722. The SMILES string of the molecule is Cc1csc(N(C(=O)CCN2C(=O)C3CCCCC3C2=O)c2ccccc2)n1. The van der Waals surface area contributed by atoms with Crippen LogP contribution in [-0.4, -0.2) is 34.2 Å². The average molecular weight is 398 g/mol. The van der Waals surface area contributed by atoms with E-state index in [1.165, 1.54) is 16.2 Å². The van der Waals surface area contributed by atoms with Crippen LogP contribution in [-0.2, 0) is 14.4 Å². The Hall–Kier alpha value is -2.54. The highest BCUT2D eigenvalue weighted by atomic mass is 32.1. The Morgan fingerprint density at radius 3 is 2.36 bits per heavy atom. The molecule has 1 saturated carbocycles. The van der Waals surface area contributed by atoms with Gasteiger partial charge in [0.1, 0.15) is 0 Å². The lowest BCUT2D eigenvalue weighted by Crippen LogP contribution is -2.36. The van der Waals surface area contributed by atoms with Gasteiger partial charge in [-0.3, -0.25) is 24.2 Å². The number of amides is 3. The zero-order chi connectivity index (χ0) is 19.7. The van der Waals surface area contributed by atoms with Gasteiger partial charge >= 0.3 is 0 Å². The standard InChI is InChI=1S/C21H23N3O3S/c1-14-13-28-21(22-14)24(15-7-3-2-4-8-15)18(25)11-12-23-19(26)16-9-5-6-10-17(16)20(23)27/h2-4,7-8,13,16-17H,5-6,9-12H2,1H3. The predicted molar refractivity (Wildman–Crippen MR) is 107 cm³/mol. The predicted octanol–water partition coefficient (Wildman–Crippen LogP) is 3.68. The summed E-state index contributed by atoms with van der Waals surface area (Å²) in [7, 11) is 0. The molecule has 2 fully saturated rings. The molecule has 0 radical (unpaired) electrons. The Kier molecular flexibility index (Phi) is 5.26. The number of benzene rings is 1. The first-order valence-corrected chi connectivity index (χ1v) is 10.6. The lowest BCUT2D eigenvalue weighted by atomic mass is 9.81. The Labute approximate surface area is 168 Å². The second kappa shape index (κ2) is 7.83. The molecule has 2 aromatic rings. The van der Waals surface area contributed by atoms with Crippen molar-refractivity contribution in [3.8, 4) is 0 Å². The number of fused-ring (bicyclic) bond motifs is 1. The molecule has 146 valence electrons. The number of aryl methyl sites for hydroxylation is 1. The van der Waals surface area contributed by atoms with Gasteiger partial charge in [0.05, 0.1) is 23.2 Å². The van der Waals surface area contributed by atoms with E-state index in [1.54, 1.807) is 4.90 Å². The van der Waals surface area contributed by atoms with E-state index >= 15 is 0 Å². The highest BCUT2D eigenvalue weighted by Gasteiger charge is 2.47. The number of para-hydroxylation sites is 1. The largest absolute Gasteiger partial charge is 0.282 e. The van der Waals surface area contributed by atoms with Crippen LogP contribution in [0.1, 0.15) is 37.8 Å². The van der Waals surface area contributed by atoms with Crippen molar-refractivity contribution in [2.24, 2.45) is 11.8 Å². The highest BCUT2D eigenvalue weighted by Crippen LogP contribution is 2.38. The monoisotopic (exact) mass is 397 g/mol. The zero-order valence-electron chi connectivity index (χ0n) is 15.8. The first-order chi connectivity index (χ1) is 13.6. The number of anilines is 2. The van der Waals surface area contributed by atoms with Crippen LogP contribution in [0.3, 0.4) is 0 Å². The summed E-state index contributed by atoms with van der Waals surface area (Å²) < 4.78 is 0. The molecule has 0 spiro atoms. The van der Waals surface area contributed by atoms with Crippen LogP contribution in [0.5, 0.6) is 0 Å². The Bertz CT molecular complexity index is 871. The lowest BCUT2D eigenvalue weighted by Gasteiger charge is -2.21. The van der Waals surface area contributed by atoms with E-state index in [-0.39, 0.29) is 42.5 Å². The molecule has 1 saturated heterocycles. The van der Waals surface area contributed by atoms with Crippen molar-refractivity contribution >= 4 is 39.9 Å². The first-order valence-electron chi connectivity index (χ1n) is 9.71. The van der Waals surface area contributed by atoms with Gasteiger partial charge in [0.15, 0.2) is 5.13 Å².